The second-order valence-corrected chi connectivity index (χ2v) is 7.65. The summed E-state index contributed by atoms with van der Waals surface area (Å²) in [5.41, 5.74) is 4.84. The van der Waals surface area contributed by atoms with Gasteiger partial charge >= 0.3 is 0 Å². The van der Waals surface area contributed by atoms with Gasteiger partial charge in [-0.05, 0) is 55.8 Å². The van der Waals surface area contributed by atoms with E-state index in [-0.39, 0.29) is 0 Å². The van der Waals surface area contributed by atoms with E-state index in [1.807, 2.05) is 42.6 Å². The van der Waals surface area contributed by atoms with Crippen LogP contribution < -0.4 is 4.74 Å². The Hall–Kier alpha value is -2.56. The molecule has 1 aromatic heterocycles. The van der Waals surface area contributed by atoms with Crippen molar-refractivity contribution in [3.8, 4) is 5.75 Å². The quantitative estimate of drug-likeness (QED) is 0.418. The third-order valence-corrected chi connectivity index (χ3v) is 5.26. The van der Waals surface area contributed by atoms with Crippen LogP contribution in [0.2, 0.25) is 5.02 Å². The van der Waals surface area contributed by atoms with E-state index in [1.54, 1.807) is 0 Å². The predicted molar refractivity (Wildman–Crippen MR) is 120 cm³/mol. The first kappa shape index (κ1) is 21.2. The highest BCUT2D eigenvalue weighted by Crippen LogP contribution is 2.17. The lowest BCUT2D eigenvalue weighted by atomic mass is 10.1. The van der Waals surface area contributed by atoms with Crippen LogP contribution in [0.5, 0.6) is 5.75 Å². The second-order valence-electron chi connectivity index (χ2n) is 7.21. The number of aromatic nitrogens is 2. The van der Waals surface area contributed by atoms with Gasteiger partial charge in [0, 0.05) is 29.4 Å². The fourth-order valence-electron chi connectivity index (χ4n) is 3.26. The lowest BCUT2D eigenvalue weighted by molar-refractivity contribution is 0.258. The van der Waals surface area contributed by atoms with E-state index >= 15 is 0 Å². The van der Waals surface area contributed by atoms with Gasteiger partial charge < -0.3 is 9.64 Å². The first-order valence-electron chi connectivity index (χ1n) is 9.85. The van der Waals surface area contributed by atoms with Crippen molar-refractivity contribution in [2.45, 2.75) is 26.4 Å². The van der Waals surface area contributed by atoms with Gasteiger partial charge in [0.05, 0.1) is 19.3 Å². The van der Waals surface area contributed by atoms with Crippen LogP contribution in [-0.2, 0) is 13.1 Å². The van der Waals surface area contributed by atoms with Gasteiger partial charge in [-0.1, -0.05) is 48.5 Å². The second kappa shape index (κ2) is 10.3. The monoisotopic (exact) mass is 409 g/mol. The van der Waals surface area contributed by atoms with Crippen LogP contribution >= 0.6 is 11.6 Å². The molecule has 0 aliphatic rings. The molecule has 0 spiro atoms. The molecule has 3 aromatic rings. The lowest BCUT2D eigenvalue weighted by Gasteiger charge is -2.17. The largest absolute Gasteiger partial charge is 0.494 e. The van der Waals surface area contributed by atoms with Gasteiger partial charge in [-0.25, -0.2) is 0 Å². The van der Waals surface area contributed by atoms with Gasteiger partial charge in [0.2, 0.25) is 0 Å². The van der Waals surface area contributed by atoms with Crippen LogP contribution in [0, 0.1) is 6.92 Å². The highest BCUT2D eigenvalue weighted by atomic mass is 35.5. The van der Waals surface area contributed by atoms with Crippen molar-refractivity contribution in [2.75, 3.05) is 20.2 Å². The van der Waals surface area contributed by atoms with E-state index in [0.29, 0.717) is 6.61 Å². The Bertz CT molecular complexity index is 934. The standard InChI is InChI=1S/C24H28ClN3O/c1-4-20-8-5-6-9-21(20)18-28-19(2)22(16-26-28)17-27(3)14-7-15-29-24-12-10-23(25)11-13-24/h4-6,8-13,16H,1,7,14-15,17-18H2,2-3H3. The molecule has 0 unspecified atom stereocenters. The molecule has 0 fully saturated rings. The van der Waals surface area contributed by atoms with Crippen molar-refractivity contribution in [2.24, 2.45) is 0 Å². The van der Waals surface area contributed by atoms with Crippen molar-refractivity contribution in [1.82, 2.24) is 14.7 Å². The molecular formula is C24H28ClN3O. The zero-order valence-corrected chi connectivity index (χ0v) is 17.9. The number of hydrogen-bond acceptors (Lipinski definition) is 3. The molecule has 1 heterocycles. The van der Waals surface area contributed by atoms with Gasteiger partial charge in [-0.15, -0.1) is 0 Å². The molecule has 0 N–H and O–H groups in total. The Labute approximate surface area is 178 Å². The summed E-state index contributed by atoms with van der Waals surface area (Å²) in [6, 6.07) is 15.8. The molecular weight excluding hydrogens is 382 g/mol. The molecule has 3 rings (SSSR count). The van der Waals surface area contributed by atoms with Crippen LogP contribution in [0.25, 0.3) is 6.08 Å². The topological polar surface area (TPSA) is 30.3 Å². The summed E-state index contributed by atoms with van der Waals surface area (Å²) in [7, 11) is 2.13. The summed E-state index contributed by atoms with van der Waals surface area (Å²) >= 11 is 5.89. The van der Waals surface area contributed by atoms with E-state index in [4.69, 9.17) is 16.3 Å². The van der Waals surface area contributed by atoms with Crippen molar-refractivity contribution in [3.05, 3.63) is 88.7 Å². The Balaban J connectivity index is 1.48. The molecule has 0 amide bonds. The number of halogens is 1. The minimum absolute atomic E-state index is 0.683. The minimum atomic E-state index is 0.683. The number of nitrogens with zero attached hydrogens (tertiary/aromatic N) is 3. The molecule has 0 atom stereocenters. The van der Waals surface area contributed by atoms with Crippen LogP contribution in [-0.4, -0.2) is 34.9 Å². The number of ether oxygens (including phenoxy) is 1. The first-order valence-corrected chi connectivity index (χ1v) is 10.2. The summed E-state index contributed by atoms with van der Waals surface area (Å²) in [4.78, 5) is 2.30. The van der Waals surface area contributed by atoms with E-state index in [9.17, 15) is 0 Å². The maximum atomic E-state index is 5.89. The summed E-state index contributed by atoms with van der Waals surface area (Å²) in [5.74, 6) is 0.856. The fourth-order valence-corrected chi connectivity index (χ4v) is 3.39. The molecule has 4 nitrogen and oxygen atoms in total. The number of hydrogen-bond donors (Lipinski definition) is 0. The predicted octanol–water partition coefficient (Wildman–Crippen LogP) is 5.44. The molecule has 5 heteroatoms. The molecule has 152 valence electrons. The Morgan fingerprint density at radius 1 is 1.14 bits per heavy atom. The Morgan fingerprint density at radius 3 is 2.66 bits per heavy atom. The zero-order chi connectivity index (χ0) is 20.6. The summed E-state index contributed by atoms with van der Waals surface area (Å²) in [6.45, 7) is 9.31. The average Bonchev–Trinajstić information content (AvgIpc) is 3.06. The summed E-state index contributed by atoms with van der Waals surface area (Å²) in [5, 5.41) is 5.33. The maximum Gasteiger partial charge on any atom is 0.119 e. The maximum absolute atomic E-state index is 5.89. The Morgan fingerprint density at radius 2 is 1.90 bits per heavy atom. The summed E-state index contributed by atoms with van der Waals surface area (Å²) < 4.78 is 7.83. The highest BCUT2D eigenvalue weighted by molar-refractivity contribution is 6.30. The van der Waals surface area contributed by atoms with Crippen molar-refractivity contribution in [3.63, 3.8) is 0 Å². The third-order valence-electron chi connectivity index (χ3n) is 5.01. The van der Waals surface area contributed by atoms with Crippen LogP contribution in [0.15, 0.2) is 61.3 Å². The van der Waals surface area contributed by atoms with E-state index in [2.05, 4.69) is 53.4 Å². The van der Waals surface area contributed by atoms with Crippen molar-refractivity contribution >= 4 is 17.7 Å². The molecule has 0 saturated heterocycles. The van der Waals surface area contributed by atoms with E-state index in [0.717, 1.165) is 42.4 Å². The SMILES string of the molecule is C=Cc1ccccc1Cn1ncc(CN(C)CCCOc2ccc(Cl)cc2)c1C. The van der Waals surface area contributed by atoms with Gasteiger partial charge in [-0.2, -0.15) is 5.10 Å². The summed E-state index contributed by atoms with van der Waals surface area (Å²) in [6.07, 6.45) is 4.83. The normalized spacial score (nSPS) is 11.0. The third kappa shape index (κ3) is 5.96. The number of benzene rings is 2. The minimum Gasteiger partial charge on any atom is -0.494 e. The first-order chi connectivity index (χ1) is 14.1. The molecule has 0 aliphatic heterocycles. The highest BCUT2D eigenvalue weighted by Gasteiger charge is 2.10. The van der Waals surface area contributed by atoms with Gasteiger partial charge in [0.1, 0.15) is 5.75 Å². The van der Waals surface area contributed by atoms with E-state index in [1.165, 1.54) is 16.8 Å². The van der Waals surface area contributed by atoms with Crippen molar-refractivity contribution in [1.29, 1.82) is 0 Å². The molecule has 0 aliphatic carbocycles. The number of rotatable bonds is 10. The lowest BCUT2D eigenvalue weighted by Crippen LogP contribution is -2.21. The van der Waals surface area contributed by atoms with Crippen LogP contribution in [0.4, 0.5) is 0 Å². The Kier molecular flexibility index (Phi) is 7.50. The molecule has 29 heavy (non-hydrogen) atoms. The zero-order valence-electron chi connectivity index (χ0n) is 17.1. The van der Waals surface area contributed by atoms with Gasteiger partial charge in [0.25, 0.3) is 0 Å². The van der Waals surface area contributed by atoms with E-state index < -0.39 is 0 Å². The molecule has 0 radical (unpaired) electrons. The average molecular weight is 410 g/mol. The molecule has 0 saturated carbocycles. The smallest absolute Gasteiger partial charge is 0.119 e. The van der Waals surface area contributed by atoms with Gasteiger partial charge in [-0.3, -0.25) is 4.68 Å². The van der Waals surface area contributed by atoms with Crippen LogP contribution in [0.1, 0.15) is 28.8 Å². The van der Waals surface area contributed by atoms with Gasteiger partial charge in [0.15, 0.2) is 0 Å². The fraction of sp³-hybridized carbons (Fsp3) is 0.292. The molecule has 0 bridgehead atoms. The molecule has 2 aromatic carbocycles. The van der Waals surface area contributed by atoms with Crippen molar-refractivity contribution < 1.29 is 4.74 Å². The van der Waals surface area contributed by atoms with Crippen LogP contribution in [0.3, 0.4) is 0 Å².